The van der Waals surface area contributed by atoms with Gasteiger partial charge in [-0.25, -0.2) is 4.79 Å². The van der Waals surface area contributed by atoms with Crippen molar-refractivity contribution in [2.24, 2.45) is 11.7 Å². The number of amides is 2. The summed E-state index contributed by atoms with van der Waals surface area (Å²) in [4.78, 5) is 17.1. The first kappa shape index (κ1) is 15.6. The lowest BCUT2D eigenvalue weighted by atomic mass is 9.94. The smallest absolute Gasteiger partial charge is 0.320 e. The molecule has 1 aliphatic carbocycles. The minimum absolute atomic E-state index is 0.275. The van der Waals surface area contributed by atoms with E-state index in [0.29, 0.717) is 18.5 Å². The predicted molar refractivity (Wildman–Crippen MR) is 82.6 cm³/mol. The van der Waals surface area contributed by atoms with E-state index >= 15 is 0 Å². The number of carbonyl (C=O) groups excluding carboxylic acids is 1. The van der Waals surface area contributed by atoms with Gasteiger partial charge in [-0.15, -0.1) is 0 Å². The summed E-state index contributed by atoms with van der Waals surface area (Å²) in [6, 6.07) is 0.733. The van der Waals surface area contributed by atoms with Gasteiger partial charge in [0.1, 0.15) is 0 Å². The monoisotopic (exact) mass is 281 g/mol. The lowest BCUT2D eigenvalue weighted by Crippen LogP contribution is -2.51. The molecule has 2 amide bonds. The molecule has 0 aromatic carbocycles. The summed E-state index contributed by atoms with van der Waals surface area (Å²) in [5.74, 6) is 0.649. The molecule has 0 aromatic heterocycles. The van der Waals surface area contributed by atoms with Crippen LogP contribution in [0, 0.1) is 5.92 Å². The summed E-state index contributed by atoms with van der Waals surface area (Å²) in [6.07, 6.45) is 9.57. The van der Waals surface area contributed by atoms with E-state index in [1.54, 1.807) is 0 Å². The van der Waals surface area contributed by atoms with Gasteiger partial charge in [-0.05, 0) is 44.6 Å². The highest BCUT2D eigenvalue weighted by molar-refractivity contribution is 5.75. The number of nitrogens with two attached hydrogens (primary N) is 1. The second-order valence-corrected chi connectivity index (χ2v) is 6.60. The highest BCUT2D eigenvalue weighted by Gasteiger charge is 2.30. The van der Waals surface area contributed by atoms with Crippen molar-refractivity contribution in [2.45, 2.75) is 64.3 Å². The molecule has 0 spiro atoms. The Morgan fingerprint density at radius 3 is 2.60 bits per heavy atom. The standard InChI is InChI=1S/C16H31N3O/c1-14-7-5-11-18(13-14)16(20)19(12-6-10-17)15-8-3-2-4-9-15/h14-15H,2-13,17H2,1H3. The van der Waals surface area contributed by atoms with Gasteiger partial charge in [0.05, 0.1) is 0 Å². The van der Waals surface area contributed by atoms with Gasteiger partial charge in [-0.3, -0.25) is 0 Å². The van der Waals surface area contributed by atoms with Gasteiger partial charge in [0.25, 0.3) is 0 Å². The maximum atomic E-state index is 12.9. The van der Waals surface area contributed by atoms with Gasteiger partial charge >= 0.3 is 6.03 Å². The fourth-order valence-electron chi connectivity index (χ4n) is 3.63. The summed E-state index contributed by atoms with van der Waals surface area (Å²) in [7, 11) is 0. The fourth-order valence-corrected chi connectivity index (χ4v) is 3.63. The molecule has 4 heteroatoms. The Hall–Kier alpha value is -0.770. The second-order valence-electron chi connectivity index (χ2n) is 6.60. The second kappa shape index (κ2) is 7.87. The fraction of sp³-hybridized carbons (Fsp3) is 0.938. The van der Waals surface area contributed by atoms with E-state index in [1.165, 1.54) is 38.5 Å². The van der Waals surface area contributed by atoms with Crippen molar-refractivity contribution in [1.29, 1.82) is 0 Å². The van der Waals surface area contributed by atoms with Crippen LogP contribution in [-0.2, 0) is 0 Å². The van der Waals surface area contributed by atoms with Crippen molar-refractivity contribution in [2.75, 3.05) is 26.2 Å². The number of piperidine rings is 1. The van der Waals surface area contributed by atoms with Crippen LogP contribution >= 0.6 is 0 Å². The average Bonchev–Trinajstić information content (AvgIpc) is 2.48. The summed E-state index contributed by atoms with van der Waals surface area (Å²) in [5, 5.41) is 0. The maximum Gasteiger partial charge on any atom is 0.320 e. The van der Waals surface area contributed by atoms with Crippen LogP contribution < -0.4 is 5.73 Å². The number of urea groups is 1. The van der Waals surface area contributed by atoms with Gasteiger partial charge in [0.2, 0.25) is 0 Å². The van der Waals surface area contributed by atoms with Crippen LogP contribution in [0.4, 0.5) is 4.79 Å². The van der Waals surface area contributed by atoms with Crippen molar-refractivity contribution >= 4 is 6.03 Å². The Morgan fingerprint density at radius 2 is 1.95 bits per heavy atom. The van der Waals surface area contributed by atoms with E-state index < -0.39 is 0 Å². The van der Waals surface area contributed by atoms with Crippen molar-refractivity contribution < 1.29 is 4.79 Å². The Kier molecular flexibility index (Phi) is 6.14. The molecule has 20 heavy (non-hydrogen) atoms. The van der Waals surface area contributed by atoms with E-state index in [1.807, 2.05) is 0 Å². The van der Waals surface area contributed by atoms with Crippen LogP contribution in [0.1, 0.15) is 58.3 Å². The largest absolute Gasteiger partial charge is 0.330 e. The molecule has 0 aromatic rings. The van der Waals surface area contributed by atoms with Crippen molar-refractivity contribution in [3.8, 4) is 0 Å². The predicted octanol–water partition coefficient (Wildman–Crippen LogP) is 2.82. The third-order valence-electron chi connectivity index (χ3n) is 4.79. The van der Waals surface area contributed by atoms with Crippen molar-refractivity contribution in [1.82, 2.24) is 9.80 Å². The van der Waals surface area contributed by atoms with Crippen LogP contribution in [-0.4, -0.2) is 48.1 Å². The van der Waals surface area contributed by atoms with E-state index in [9.17, 15) is 4.79 Å². The summed E-state index contributed by atoms with van der Waals surface area (Å²) in [6.45, 7) is 5.64. The van der Waals surface area contributed by atoms with Crippen LogP contribution in [0.2, 0.25) is 0 Å². The first-order valence-electron chi connectivity index (χ1n) is 8.48. The highest BCUT2D eigenvalue weighted by Crippen LogP contribution is 2.25. The van der Waals surface area contributed by atoms with Crippen LogP contribution in [0.3, 0.4) is 0 Å². The molecule has 4 nitrogen and oxygen atoms in total. The van der Waals surface area contributed by atoms with Crippen LogP contribution in [0.25, 0.3) is 0 Å². The zero-order chi connectivity index (χ0) is 14.4. The molecule has 1 atom stereocenters. The number of hydrogen-bond acceptors (Lipinski definition) is 2. The van der Waals surface area contributed by atoms with Crippen LogP contribution in [0.15, 0.2) is 0 Å². The molecule has 0 bridgehead atoms. The van der Waals surface area contributed by atoms with Gasteiger partial charge < -0.3 is 15.5 Å². The minimum Gasteiger partial charge on any atom is -0.330 e. The quantitative estimate of drug-likeness (QED) is 0.861. The van der Waals surface area contributed by atoms with Crippen molar-refractivity contribution in [3.05, 3.63) is 0 Å². The summed E-state index contributed by atoms with van der Waals surface area (Å²) in [5.41, 5.74) is 5.66. The zero-order valence-electron chi connectivity index (χ0n) is 13.0. The molecule has 1 heterocycles. The Labute approximate surface area is 123 Å². The molecule has 0 radical (unpaired) electrons. The third kappa shape index (κ3) is 4.11. The van der Waals surface area contributed by atoms with Gasteiger partial charge in [0, 0.05) is 25.7 Å². The minimum atomic E-state index is 0.275. The van der Waals surface area contributed by atoms with Gasteiger partial charge in [0.15, 0.2) is 0 Å². The first-order chi connectivity index (χ1) is 9.72. The van der Waals surface area contributed by atoms with Gasteiger partial charge in [-0.2, -0.15) is 0 Å². The molecule has 1 unspecified atom stereocenters. The summed E-state index contributed by atoms with van der Waals surface area (Å²) < 4.78 is 0. The highest BCUT2D eigenvalue weighted by atomic mass is 16.2. The van der Waals surface area contributed by atoms with E-state index in [0.717, 1.165) is 32.5 Å². The molecule has 2 N–H and O–H groups in total. The van der Waals surface area contributed by atoms with E-state index in [2.05, 4.69) is 16.7 Å². The Bertz CT molecular complexity index is 302. The topological polar surface area (TPSA) is 49.6 Å². The SMILES string of the molecule is CC1CCCN(C(=O)N(CCCN)C2CCCCC2)C1. The average molecular weight is 281 g/mol. The van der Waals surface area contributed by atoms with Crippen LogP contribution in [0.5, 0.6) is 0 Å². The first-order valence-corrected chi connectivity index (χ1v) is 8.48. The third-order valence-corrected chi connectivity index (χ3v) is 4.79. The number of likely N-dealkylation sites (tertiary alicyclic amines) is 1. The number of rotatable bonds is 4. The summed E-state index contributed by atoms with van der Waals surface area (Å²) >= 11 is 0. The Balaban J connectivity index is 1.98. The number of carbonyl (C=O) groups is 1. The molecule has 2 rings (SSSR count). The number of nitrogens with zero attached hydrogens (tertiary/aromatic N) is 2. The molecule has 116 valence electrons. The maximum absolute atomic E-state index is 12.9. The zero-order valence-corrected chi connectivity index (χ0v) is 13.0. The molecular weight excluding hydrogens is 250 g/mol. The molecule has 1 aliphatic heterocycles. The lowest BCUT2D eigenvalue weighted by Gasteiger charge is -2.40. The molecule has 2 fully saturated rings. The molecule has 1 saturated heterocycles. The lowest BCUT2D eigenvalue weighted by molar-refractivity contribution is 0.104. The molecule has 1 saturated carbocycles. The van der Waals surface area contributed by atoms with Crippen molar-refractivity contribution in [3.63, 3.8) is 0 Å². The van der Waals surface area contributed by atoms with Gasteiger partial charge in [-0.1, -0.05) is 26.2 Å². The van der Waals surface area contributed by atoms with E-state index in [-0.39, 0.29) is 6.03 Å². The number of hydrogen-bond donors (Lipinski definition) is 1. The normalized spacial score (nSPS) is 24.7. The Morgan fingerprint density at radius 1 is 1.20 bits per heavy atom. The molecule has 2 aliphatic rings. The van der Waals surface area contributed by atoms with E-state index in [4.69, 9.17) is 5.73 Å². The molecular formula is C16H31N3O.